The summed E-state index contributed by atoms with van der Waals surface area (Å²) in [4.78, 5) is 14.1. The molecule has 3 nitrogen and oxygen atoms in total. The first kappa shape index (κ1) is 22.1. The first-order valence-electron chi connectivity index (χ1n) is 11.2. The SMILES string of the molecule is C(=Cc1ccccc1)Cc1nc(CC=Cc2ccccc2)nc(CC=Cc2ccccc2)n1. The highest BCUT2D eigenvalue weighted by Crippen LogP contribution is 2.08. The molecule has 0 aliphatic heterocycles. The third kappa shape index (κ3) is 7.51. The molecule has 1 aromatic heterocycles. The lowest BCUT2D eigenvalue weighted by atomic mass is 10.2. The Morgan fingerprint density at radius 1 is 0.394 bits per heavy atom. The van der Waals surface area contributed by atoms with Crippen LogP contribution in [0.1, 0.15) is 34.2 Å². The van der Waals surface area contributed by atoms with Crippen molar-refractivity contribution in [2.45, 2.75) is 19.3 Å². The van der Waals surface area contributed by atoms with E-state index in [0.717, 1.165) is 17.5 Å². The minimum atomic E-state index is 0.669. The second-order valence-corrected chi connectivity index (χ2v) is 7.64. The van der Waals surface area contributed by atoms with E-state index in [0.29, 0.717) is 19.3 Å². The molecule has 4 aromatic rings. The number of benzene rings is 3. The van der Waals surface area contributed by atoms with Crippen LogP contribution in [0.5, 0.6) is 0 Å². The standard InChI is InChI=1S/C30H27N3/c1-4-13-25(14-5-1)19-10-22-28-31-29(23-11-20-26-15-6-2-7-16-26)33-30(32-28)24-12-21-27-17-8-3-9-18-27/h1-21H,22-24H2. The Morgan fingerprint density at radius 2 is 0.667 bits per heavy atom. The molecule has 0 amide bonds. The topological polar surface area (TPSA) is 38.7 Å². The van der Waals surface area contributed by atoms with Gasteiger partial charge in [0, 0.05) is 19.3 Å². The molecule has 0 fully saturated rings. The van der Waals surface area contributed by atoms with E-state index in [1.165, 1.54) is 16.7 Å². The van der Waals surface area contributed by atoms with Gasteiger partial charge in [0.05, 0.1) is 0 Å². The van der Waals surface area contributed by atoms with Crippen LogP contribution >= 0.6 is 0 Å². The quantitative estimate of drug-likeness (QED) is 0.299. The van der Waals surface area contributed by atoms with Gasteiger partial charge in [-0.05, 0) is 16.7 Å². The fourth-order valence-corrected chi connectivity index (χ4v) is 3.39. The number of hydrogen-bond donors (Lipinski definition) is 0. The van der Waals surface area contributed by atoms with E-state index in [4.69, 9.17) is 15.0 Å². The van der Waals surface area contributed by atoms with Crippen molar-refractivity contribution >= 4 is 18.2 Å². The smallest absolute Gasteiger partial charge is 0.136 e. The molecule has 0 radical (unpaired) electrons. The highest BCUT2D eigenvalue weighted by molar-refractivity contribution is 5.50. The first-order chi connectivity index (χ1) is 16.3. The summed E-state index contributed by atoms with van der Waals surface area (Å²) in [5.41, 5.74) is 3.51. The van der Waals surface area contributed by atoms with Crippen LogP contribution in [-0.4, -0.2) is 15.0 Å². The molecule has 0 aliphatic carbocycles. The molecule has 33 heavy (non-hydrogen) atoms. The highest BCUT2D eigenvalue weighted by Gasteiger charge is 2.04. The van der Waals surface area contributed by atoms with Crippen LogP contribution in [-0.2, 0) is 19.3 Å². The molecule has 3 aromatic carbocycles. The zero-order chi connectivity index (χ0) is 22.6. The van der Waals surface area contributed by atoms with Crippen molar-refractivity contribution in [3.05, 3.63) is 143 Å². The summed E-state index contributed by atoms with van der Waals surface area (Å²) in [5.74, 6) is 2.38. The van der Waals surface area contributed by atoms with Crippen molar-refractivity contribution in [2.24, 2.45) is 0 Å². The van der Waals surface area contributed by atoms with Gasteiger partial charge in [-0.15, -0.1) is 0 Å². The zero-order valence-corrected chi connectivity index (χ0v) is 18.6. The average molecular weight is 430 g/mol. The Morgan fingerprint density at radius 3 is 0.939 bits per heavy atom. The highest BCUT2D eigenvalue weighted by atomic mass is 15.0. The monoisotopic (exact) mass is 429 g/mol. The van der Waals surface area contributed by atoms with Crippen molar-refractivity contribution in [1.82, 2.24) is 15.0 Å². The van der Waals surface area contributed by atoms with Crippen LogP contribution in [0.4, 0.5) is 0 Å². The summed E-state index contributed by atoms with van der Waals surface area (Å²) in [5, 5.41) is 0. The van der Waals surface area contributed by atoms with Crippen molar-refractivity contribution in [1.29, 1.82) is 0 Å². The predicted molar refractivity (Wildman–Crippen MR) is 137 cm³/mol. The van der Waals surface area contributed by atoms with Crippen molar-refractivity contribution in [2.75, 3.05) is 0 Å². The third-order valence-electron chi connectivity index (χ3n) is 5.01. The van der Waals surface area contributed by atoms with E-state index in [-0.39, 0.29) is 0 Å². The summed E-state index contributed by atoms with van der Waals surface area (Å²) >= 11 is 0. The van der Waals surface area contributed by atoms with Gasteiger partial charge < -0.3 is 0 Å². The predicted octanol–water partition coefficient (Wildman–Crippen LogP) is 6.64. The molecule has 0 N–H and O–H groups in total. The molecule has 162 valence electrons. The van der Waals surface area contributed by atoms with E-state index in [1.807, 2.05) is 54.6 Å². The molecule has 4 rings (SSSR count). The molecule has 1 heterocycles. The summed E-state index contributed by atoms with van der Waals surface area (Å²) in [6, 6.07) is 30.8. The van der Waals surface area contributed by atoms with Crippen molar-refractivity contribution < 1.29 is 0 Å². The van der Waals surface area contributed by atoms with Crippen LogP contribution in [0.15, 0.2) is 109 Å². The molecule has 0 saturated heterocycles. The van der Waals surface area contributed by atoms with E-state index in [2.05, 4.69) is 72.9 Å². The second kappa shape index (κ2) is 12.1. The molecule has 0 aliphatic rings. The summed E-state index contributed by atoms with van der Waals surface area (Å²) < 4.78 is 0. The molecular weight excluding hydrogens is 402 g/mol. The van der Waals surface area contributed by atoms with Crippen molar-refractivity contribution in [3.63, 3.8) is 0 Å². The molecule has 0 unspecified atom stereocenters. The molecule has 0 bridgehead atoms. The number of aromatic nitrogens is 3. The summed E-state index contributed by atoms with van der Waals surface area (Å²) in [6.45, 7) is 0. The minimum Gasteiger partial charge on any atom is -0.217 e. The minimum absolute atomic E-state index is 0.669. The third-order valence-corrected chi connectivity index (χ3v) is 5.01. The first-order valence-corrected chi connectivity index (χ1v) is 11.2. The van der Waals surface area contributed by atoms with Crippen molar-refractivity contribution in [3.8, 4) is 0 Å². The number of rotatable bonds is 9. The van der Waals surface area contributed by atoms with Gasteiger partial charge in [0.2, 0.25) is 0 Å². The van der Waals surface area contributed by atoms with Crippen LogP contribution in [0, 0.1) is 0 Å². The summed E-state index contributed by atoms with van der Waals surface area (Å²) in [7, 11) is 0. The average Bonchev–Trinajstić information content (AvgIpc) is 2.86. The maximum absolute atomic E-state index is 4.71. The van der Waals surface area contributed by atoms with E-state index >= 15 is 0 Å². The lowest BCUT2D eigenvalue weighted by Gasteiger charge is -2.04. The Hall–Kier alpha value is -4.11. The van der Waals surface area contributed by atoms with Gasteiger partial charge in [0.25, 0.3) is 0 Å². The lowest BCUT2D eigenvalue weighted by molar-refractivity contribution is 0.813. The number of allylic oxidation sites excluding steroid dienone is 3. The Bertz CT molecular complexity index is 1040. The molecule has 0 spiro atoms. The Balaban J connectivity index is 1.49. The normalized spacial score (nSPS) is 11.6. The van der Waals surface area contributed by atoms with Gasteiger partial charge in [0.1, 0.15) is 17.5 Å². The van der Waals surface area contributed by atoms with E-state index in [1.54, 1.807) is 0 Å². The number of hydrogen-bond acceptors (Lipinski definition) is 3. The lowest BCUT2D eigenvalue weighted by Crippen LogP contribution is -2.06. The maximum Gasteiger partial charge on any atom is 0.136 e. The van der Waals surface area contributed by atoms with Gasteiger partial charge in [-0.25, -0.2) is 15.0 Å². The molecule has 3 heteroatoms. The Labute approximate surface area is 195 Å². The number of nitrogens with zero attached hydrogens (tertiary/aromatic N) is 3. The second-order valence-electron chi connectivity index (χ2n) is 7.64. The van der Waals surface area contributed by atoms with Crippen LogP contribution in [0.3, 0.4) is 0 Å². The molecule has 0 atom stereocenters. The van der Waals surface area contributed by atoms with Gasteiger partial charge in [-0.3, -0.25) is 0 Å². The van der Waals surface area contributed by atoms with E-state index < -0.39 is 0 Å². The van der Waals surface area contributed by atoms with Crippen LogP contribution in [0.2, 0.25) is 0 Å². The van der Waals surface area contributed by atoms with Gasteiger partial charge in [-0.2, -0.15) is 0 Å². The van der Waals surface area contributed by atoms with Gasteiger partial charge >= 0.3 is 0 Å². The van der Waals surface area contributed by atoms with Crippen LogP contribution in [0.25, 0.3) is 18.2 Å². The van der Waals surface area contributed by atoms with Gasteiger partial charge in [-0.1, -0.05) is 127 Å². The zero-order valence-electron chi connectivity index (χ0n) is 18.6. The van der Waals surface area contributed by atoms with Crippen LogP contribution < -0.4 is 0 Å². The van der Waals surface area contributed by atoms with E-state index in [9.17, 15) is 0 Å². The maximum atomic E-state index is 4.71. The fourth-order valence-electron chi connectivity index (χ4n) is 3.39. The Kier molecular flexibility index (Phi) is 8.08. The molecule has 0 saturated carbocycles. The van der Waals surface area contributed by atoms with Gasteiger partial charge in [0.15, 0.2) is 0 Å². The summed E-state index contributed by atoms with van der Waals surface area (Å²) in [6.07, 6.45) is 14.6. The fraction of sp³-hybridized carbons (Fsp3) is 0.100. The largest absolute Gasteiger partial charge is 0.217 e. The molecular formula is C30H27N3.